The molecule has 2 heterocycles. The van der Waals surface area contributed by atoms with Gasteiger partial charge in [0.15, 0.2) is 0 Å². The molecule has 0 aromatic heterocycles. The number of aliphatic hydroxyl groups is 1. The van der Waals surface area contributed by atoms with Crippen LogP contribution in [0.5, 0.6) is 5.75 Å². The van der Waals surface area contributed by atoms with E-state index in [2.05, 4.69) is 10.9 Å². The van der Waals surface area contributed by atoms with Crippen LogP contribution < -0.4 is 10.9 Å². The third kappa shape index (κ3) is 3.07. The van der Waals surface area contributed by atoms with Gasteiger partial charge >= 0.3 is 0 Å². The highest BCUT2D eigenvalue weighted by atomic mass is 19.1. The largest absolute Gasteiger partial charge is 0.508 e. The van der Waals surface area contributed by atoms with Crippen LogP contribution in [0.3, 0.4) is 0 Å². The summed E-state index contributed by atoms with van der Waals surface area (Å²) in [5, 5.41) is 19.5. The SMILES string of the molecule is O=C1C2NNC(c3ccccc3O)C2C(c2ccc(F)cc2)N1CCCO. The van der Waals surface area contributed by atoms with E-state index in [4.69, 9.17) is 0 Å². The minimum Gasteiger partial charge on any atom is -0.508 e. The molecule has 2 aromatic rings. The van der Waals surface area contributed by atoms with E-state index < -0.39 is 6.04 Å². The van der Waals surface area contributed by atoms with Gasteiger partial charge in [0.1, 0.15) is 17.6 Å². The maximum atomic E-state index is 13.4. The first kappa shape index (κ1) is 17.9. The number of halogens is 1. The van der Waals surface area contributed by atoms with Crippen molar-refractivity contribution in [1.29, 1.82) is 0 Å². The summed E-state index contributed by atoms with van der Waals surface area (Å²) in [6.07, 6.45) is 0.470. The summed E-state index contributed by atoms with van der Waals surface area (Å²) >= 11 is 0. The first-order valence-electron chi connectivity index (χ1n) is 9.07. The van der Waals surface area contributed by atoms with Gasteiger partial charge in [0.05, 0.1) is 12.1 Å². The van der Waals surface area contributed by atoms with E-state index in [0.29, 0.717) is 18.5 Å². The average Bonchev–Trinajstić information content (AvgIpc) is 3.21. The van der Waals surface area contributed by atoms with Crippen LogP contribution in [0.1, 0.15) is 29.6 Å². The number of para-hydroxylation sites is 1. The van der Waals surface area contributed by atoms with Crippen LogP contribution in [0, 0.1) is 11.7 Å². The molecule has 6 nitrogen and oxygen atoms in total. The fourth-order valence-electron chi connectivity index (χ4n) is 4.27. The predicted octanol–water partition coefficient (Wildman–Crippen LogP) is 1.63. The van der Waals surface area contributed by atoms with Gasteiger partial charge < -0.3 is 15.1 Å². The molecule has 142 valence electrons. The monoisotopic (exact) mass is 371 g/mol. The van der Waals surface area contributed by atoms with Gasteiger partial charge in [-0.15, -0.1) is 0 Å². The van der Waals surface area contributed by atoms with Crippen LogP contribution in [0.25, 0.3) is 0 Å². The zero-order valence-electron chi connectivity index (χ0n) is 14.7. The summed E-state index contributed by atoms with van der Waals surface area (Å²) in [5.41, 5.74) is 7.77. The Labute approximate surface area is 156 Å². The van der Waals surface area contributed by atoms with E-state index in [1.165, 1.54) is 12.1 Å². The number of nitrogens with zero attached hydrogens (tertiary/aromatic N) is 1. The first-order chi connectivity index (χ1) is 13.1. The van der Waals surface area contributed by atoms with E-state index in [9.17, 15) is 19.4 Å². The zero-order chi connectivity index (χ0) is 19.0. The Morgan fingerprint density at radius 1 is 1.04 bits per heavy atom. The number of carbonyl (C=O) groups is 1. The topological polar surface area (TPSA) is 84.8 Å². The highest BCUT2D eigenvalue weighted by Crippen LogP contribution is 2.48. The van der Waals surface area contributed by atoms with E-state index in [1.54, 1.807) is 29.2 Å². The second-order valence-electron chi connectivity index (χ2n) is 6.99. The fourth-order valence-corrected chi connectivity index (χ4v) is 4.27. The third-order valence-electron chi connectivity index (χ3n) is 5.45. The smallest absolute Gasteiger partial charge is 0.242 e. The number of amides is 1. The predicted molar refractivity (Wildman–Crippen MR) is 97.0 cm³/mol. The molecular formula is C20H22FN3O3. The van der Waals surface area contributed by atoms with Gasteiger partial charge in [0, 0.05) is 24.6 Å². The molecule has 2 aliphatic rings. The molecule has 4 atom stereocenters. The van der Waals surface area contributed by atoms with Crippen LogP contribution in [-0.4, -0.2) is 40.2 Å². The molecule has 4 rings (SSSR count). The van der Waals surface area contributed by atoms with Crippen molar-refractivity contribution >= 4 is 5.91 Å². The molecule has 2 fully saturated rings. The third-order valence-corrected chi connectivity index (χ3v) is 5.45. The number of rotatable bonds is 5. The zero-order valence-corrected chi connectivity index (χ0v) is 14.7. The molecule has 0 aliphatic carbocycles. The summed E-state index contributed by atoms with van der Waals surface area (Å²) in [6, 6.07) is 12.2. The summed E-state index contributed by atoms with van der Waals surface area (Å²) < 4.78 is 13.4. The van der Waals surface area contributed by atoms with Crippen molar-refractivity contribution in [3.8, 4) is 5.75 Å². The van der Waals surface area contributed by atoms with Crippen molar-refractivity contribution in [1.82, 2.24) is 15.8 Å². The molecule has 0 radical (unpaired) electrons. The Hall–Kier alpha value is -2.48. The number of phenols is 1. The molecule has 2 aliphatic heterocycles. The highest BCUT2D eigenvalue weighted by Gasteiger charge is 2.55. The molecule has 0 saturated carbocycles. The molecule has 7 heteroatoms. The maximum absolute atomic E-state index is 13.4. The van der Waals surface area contributed by atoms with Gasteiger partial charge in [0.2, 0.25) is 5.91 Å². The van der Waals surface area contributed by atoms with Crippen LogP contribution in [0.15, 0.2) is 48.5 Å². The summed E-state index contributed by atoms with van der Waals surface area (Å²) in [7, 11) is 0. The lowest BCUT2D eigenvalue weighted by atomic mass is 9.83. The maximum Gasteiger partial charge on any atom is 0.242 e. The average molecular weight is 371 g/mol. The number of carbonyl (C=O) groups excluding carboxylic acids is 1. The molecule has 0 bridgehead atoms. The molecular weight excluding hydrogens is 349 g/mol. The lowest BCUT2D eigenvalue weighted by Crippen LogP contribution is -2.41. The van der Waals surface area contributed by atoms with Crippen LogP contribution in [-0.2, 0) is 4.79 Å². The molecule has 2 saturated heterocycles. The number of phenolic OH excluding ortho intramolecular Hbond substituents is 1. The van der Waals surface area contributed by atoms with E-state index in [-0.39, 0.29) is 42.1 Å². The Balaban J connectivity index is 1.76. The summed E-state index contributed by atoms with van der Waals surface area (Å²) in [5.74, 6) is -0.416. The number of hydrazine groups is 1. The van der Waals surface area contributed by atoms with Gasteiger partial charge in [0.25, 0.3) is 0 Å². The fraction of sp³-hybridized carbons (Fsp3) is 0.350. The number of hydrogen-bond donors (Lipinski definition) is 4. The molecule has 4 unspecified atom stereocenters. The van der Waals surface area contributed by atoms with E-state index in [1.807, 2.05) is 12.1 Å². The molecule has 1 amide bonds. The molecule has 4 N–H and O–H groups in total. The number of nitrogens with one attached hydrogen (secondary N) is 2. The number of hydrogen-bond acceptors (Lipinski definition) is 5. The van der Waals surface area contributed by atoms with Gasteiger partial charge in [-0.3, -0.25) is 4.79 Å². The van der Waals surface area contributed by atoms with Crippen molar-refractivity contribution in [3.63, 3.8) is 0 Å². The van der Waals surface area contributed by atoms with Crippen molar-refractivity contribution in [2.45, 2.75) is 24.5 Å². The molecule has 27 heavy (non-hydrogen) atoms. The number of aliphatic hydroxyl groups excluding tert-OH is 1. The lowest BCUT2D eigenvalue weighted by molar-refractivity contribution is -0.130. The van der Waals surface area contributed by atoms with Gasteiger partial charge in [-0.25, -0.2) is 15.2 Å². The second kappa shape index (κ2) is 7.26. The number of benzene rings is 2. The minimum atomic E-state index is -0.455. The van der Waals surface area contributed by atoms with Gasteiger partial charge in [-0.1, -0.05) is 30.3 Å². The Kier molecular flexibility index (Phi) is 4.82. The Morgan fingerprint density at radius 2 is 1.74 bits per heavy atom. The highest BCUT2D eigenvalue weighted by molar-refractivity contribution is 5.86. The van der Waals surface area contributed by atoms with Crippen molar-refractivity contribution in [3.05, 3.63) is 65.5 Å². The second-order valence-corrected chi connectivity index (χ2v) is 6.99. The van der Waals surface area contributed by atoms with Crippen LogP contribution in [0.4, 0.5) is 4.39 Å². The van der Waals surface area contributed by atoms with Crippen LogP contribution >= 0.6 is 0 Å². The van der Waals surface area contributed by atoms with E-state index in [0.717, 1.165) is 5.56 Å². The minimum absolute atomic E-state index is 0.0101. The van der Waals surface area contributed by atoms with Crippen molar-refractivity contribution < 1.29 is 19.4 Å². The van der Waals surface area contributed by atoms with Crippen molar-refractivity contribution in [2.75, 3.05) is 13.2 Å². The first-order valence-corrected chi connectivity index (χ1v) is 9.07. The number of fused-ring (bicyclic) bond motifs is 1. The Bertz CT molecular complexity index is 829. The molecule has 2 aromatic carbocycles. The number of likely N-dealkylation sites (tertiary alicyclic amines) is 1. The summed E-state index contributed by atoms with van der Waals surface area (Å²) in [4.78, 5) is 14.8. The van der Waals surface area contributed by atoms with Crippen molar-refractivity contribution in [2.24, 2.45) is 5.92 Å². The quantitative estimate of drug-likeness (QED) is 0.642. The standard InChI is InChI=1S/C20H22FN3O3/c21-13-8-6-12(7-9-13)19-16-17(14-4-1-2-5-15(14)26)22-23-18(16)20(27)24(19)10-3-11-25/h1-2,4-9,16-19,22-23,25-26H,3,10-11H2. The normalized spacial score (nSPS) is 27.2. The van der Waals surface area contributed by atoms with Gasteiger partial charge in [-0.05, 0) is 30.2 Å². The lowest BCUT2D eigenvalue weighted by Gasteiger charge is -2.31. The summed E-state index contributed by atoms with van der Waals surface area (Å²) in [6.45, 7) is 0.406. The van der Waals surface area contributed by atoms with Gasteiger partial charge in [-0.2, -0.15) is 0 Å². The Morgan fingerprint density at radius 3 is 2.44 bits per heavy atom. The van der Waals surface area contributed by atoms with E-state index >= 15 is 0 Å². The number of aromatic hydroxyl groups is 1. The van der Waals surface area contributed by atoms with Crippen LogP contribution in [0.2, 0.25) is 0 Å². The molecule has 0 spiro atoms.